The fraction of sp³-hybridized carbons (Fsp3) is 0.269. The predicted octanol–water partition coefficient (Wildman–Crippen LogP) is 1.35. The average Bonchev–Trinajstić information content (AvgIpc) is 3.21. The highest BCUT2D eigenvalue weighted by Gasteiger charge is 2.27. The number of carbonyl (C=O) groups excluding carboxylic acids is 2. The van der Waals surface area contributed by atoms with Crippen LogP contribution < -0.4 is 16.4 Å². The predicted molar refractivity (Wildman–Crippen MR) is 143 cm³/mol. The van der Waals surface area contributed by atoms with Gasteiger partial charge in [0.25, 0.3) is 5.91 Å². The number of amides is 2. The number of sulfonamides is 1. The number of carbonyl (C=O) groups is 3. The summed E-state index contributed by atoms with van der Waals surface area (Å²) >= 11 is 0. The second-order valence-corrected chi connectivity index (χ2v) is 10.5. The van der Waals surface area contributed by atoms with E-state index in [2.05, 4.69) is 22.5 Å². The van der Waals surface area contributed by atoms with Crippen molar-refractivity contribution < 1.29 is 27.9 Å². The smallest absolute Gasteiger partial charge is 0.303 e. The molecular weight excluding hydrogens is 510 g/mol. The zero-order chi connectivity index (χ0) is 27.9. The molecule has 3 rings (SSSR count). The Kier molecular flexibility index (Phi) is 9.25. The molecule has 5 N–H and O–H groups in total. The molecular formula is C26H29N5O6S. The van der Waals surface area contributed by atoms with E-state index in [-0.39, 0.29) is 36.7 Å². The lowest BCUT2D eigenvalue weighted by molar-refractivity contribution is -0.138. The highest BCUT2D eigenvalue weighted by atomic mass is 32.2. The fourth-order valence-electron chi connectivity index (χ4n) is 3.71. The highest BCUT2D eigenvalue weighted by Crippen LogP contribution is 2.34. The summed E-state index contributed by atoms with van der Waals surface area (Å²) in [5.41, 5.74) is 8.11. The fourth-order valence-corrected chi connectivity index (χ4v) is 4.87. The lowest BCUT2D eigenvalue weighted by Crippen LogP contribution is -2.39. The molecule has 0 radical (unpaired) electrons. The molecule has 1 aliphatic rings. The Hall–Kier alpha value is -4.18. The topological polar surface area (TPSA) is 162 Å². The molecule has 0 unspecified atom stereocenters. The Morgan fingerprint density at radius 3 is 2.63 bits per heavy atom. The summed E-state index contributed by atoms with van der Waals surface area (Å²) in [7, 11) is -1.23. The van der Waals surface area contributed by atoms with Gasteiger partial charge in [0.15, 0.2) is 0 Å². The first-order valence-corrected chi connectivity index (χ1v) is 13.1. The number of nitrogens with zero attached hydrogens (tertiary/aromatic N) is 2. The van der Waals surface area contributed by atoms with Crippen LogP contribution in [-0.2, 0) is 24.4 Å². The standard InChI is InChI=1S/C26H29N5O6S/c1-30(14-6-12-24(33)34)23(32)17-31(2)38(36,37)20-10-4-9-19(15-20)28-16-21-25-18(8-5-13-27)7-3-11-22(25)29-26(21)35/h3-4,7,9-11,15-16,28H,6,12-14,17,27H2,1-2H3,(H,29,35)(H,33,34)/b21-16-. The van der Waals surface area contributed by atoms with Crippen LogP contribution in [-0.4, -0.2) is 74.2 Å². The third-order valence-corrected chi connectivity index (χ3v) is 7.54. The van der Waals surface area contributed by atoms with Crippen LogP contribution >= 0.6 is 0 Å². The van der Waals surface area contributed by atoms with Crippen LogP contribution in [0.5, 0.6) is 0 Å². The Morgan fingerprint density at radius 1 is 1.18 bits per heavy atom. The lowest BCUT2D eigenvalue weighted by atomic mass is 10.0. The van der Waals surface area contributed by atoms with Gasteiger partial charge in [0.2, 0.25) is 15.9 Å². The molecule has 0 bridgehead atoms. The van der Waals surface area contributed by atoms with E-state index >= 15 is 0 Å². The number of fused-ring (bicyclic) bond motifs is 1. The number of nitrogens with two attached hydrogens (primary N) is 1. The minimum atomic E-state index is -4.02. The van der Waals surface area contributed by atoms with Gasteiger partial charge >= 0.3 is 5.97 Å². The number of rotatable bonds is 10. The maximum atomic E-state index is 13.1. The summed E-state index contributed by atoms with van der Waals surface area (Å²) in [4.78, 5) is 37.0. The number of hydrogen-bond donors (Lipinski definition) is 4. The quantitative estimate of drug-likeness (QED) is 0.260. The third-order valence-electron chi connectivity index (χ3n) is 5.74. The van der Waals surface area contributed by atoms with Gasteiger partial charge in [-0.2, -0.15) is 4.31 Å². The van der Waals surface area contributed by atoms with Gasteiger partial charge < -0.3 is 26.4 Å². The molecule has 2 aromatic carbocycles. The van der Waals surface area contributed by atoms with Crippen molar-refractivity contribution >= 4 is 44.8 Å². The van der Waals surface area contributed by atoms with Gasteiger partial charge in [-0.15, -0.1) is 0 Å². The Morgan fingerprint density at radius 2 is 1.92 bits per heavy atom. The maximum Gasteiger partial charge on any atom is 0.303 e. The van der Waals surface area contributed by atoms with E-state index in [0.717, 1.165) is 4.31 Å². The van der Waals surface area contributed by atoms with Crippen molar-refractivity contribution in [2.75, 3.05) is 44.4 Å². The number of anilines is 2. The van der Waals surface area contributed by atoms with E-state index in [4.69, 9.17) is 10.8 Å². The van der Waals surface area contributed by atoms with Gasteiger partial charge in [-0.25, -0.2) is 8.42 Å². The van der Waals surface area contributed by atoms with Crippen LogP contribution in [0.15, 0.2) is 53.6 Å². The zero-order valence-electron chi connectivity index (χ0n) is 21.0. The van der Waals surface area contributed by atoms with Crippen molar-refractivity contribution in [1.29, 1.82) is 0 Å². The maximum absolute atomic E-state index is 13.1. The normalized spacial score (nSPS) is 13.5. The van der Waals surface area contributed by atoms with Crippen LogP contribution in [0.1, 0.15) is 24.0 Å². The molecule has 0 fully saturated rings. The van der Waals surface area contributed by atoms with Crippen molar-refractivity contribution in [3.63, 3.8) is 0 Å². The van der Waals surface area contributed by atoms with Crippen molar-refractivity contribution in [1.82, 2.24) is 9.21 Å². The molecule has 11 nitrogen and oxygen atoms in total. The van der Waals surface area contributed by atoms with Gasteiger partial charge in [0, 0.05) is 50.1 Å². The SMILES string of the molecule is CN(CCCC(=O)O)C(=O)CN(C)S(=O)(=O)c1cccc(N/C=C2\C(=O)Nc3cccc(C#CCN)c32)c1. The van der Waals surface area contributed by atoms with E-state index < -0.39 is 28.4 Å². The summed E-state index contributed by atoms with van der Waals surface area (Å²) in [6.07, 6.45) is 1.66. The average molecular weight is 540 g/mol. The van der Waals surface area contributed by atoms with Crippen molar-refractivity contribution in [3.8, 4) is 11.8 Å². The Balaban J connectivity index is 1.76. The summed E-state index contributed by atoms with van der Waals surface area (Å²) in [6, 6.07) is 11.3. The van der Waals surface area contributed by atoms with Crippen LogP contribution in [0.4, 0.5) is 11.4 Å². The number of likely N-dealkylation sites (N-methyl/N-ethyl adjacent to an activating group) is 2. The zero-order valence-corrected chi connectivity index (χ0v) is 21.8. The van der Waals surface area contributed by atoms with E-state index in [0.29, 0.717) is 28.1 Å². The van der Waals surface area contributed by atoms with Crippen LogP contribution in [0.2, 0.25) is 0 Å². The Labute approximate surface area is 221 Å². The number of benzene rings is 2. The molecule has 0 spiro atoms. The van der Waals surface area contributed by atoms with Crippen LogP contribution in [0, 0.1) is 11.8 Å². The molecule has 0 aromatic heterocycles. The summed E-state index contributed by atoms with van der Waals surface area (Å²) in [5.74, 6) is 3.99. The lowest BCUT2D eigenvalue weighted by Gasteiger charge is -2.22. The molecule has 38 heavy (non-hydrogen) atoms. The molecule has 0 saturated heterocycles. The second kappa shape index (κ2) is 12.4. The molecule has 0 saturated carbocycles. The Bertz CT molecular complexity index is 1440. The minimum Gasteiger partial charge on any atom is -0.481 e. The molecule has 0 atom stereocenters. The molecule has 1 aliphatic heterocycles. The van der Waals surface area contributed by atoms with Gasteiger partial charge in [0.1, 0.15) is 0 Å². The van der Waals surface area contributed by atoms with E-state index in [9.17, 15) is 22.8 Å². The minimum absolute atomic E-state index is 0.0458. The molecule has 2 aromatic rings. The van der Waals surface area contributed by atoms with Crippen LogP contribution in [0.3, 0.4) is 0 Å². The highest BCUT2D eigenvalue weighted by molar-refractivity contribution is 7.89. The van der Waals surface area contributed by atoms with E-state index in [1.54, 1.807) is 30.3 Å². The number of carboxylic acid groups (broad SMARTS) is 1. The van der Waals surface area contributed by atoms with Crippen molar-refractivity contribution in [2.24, 2.45) is 5.73 Å². The number of aliphatic carboxylic acids is 1. The number of hydrogen-bond acceptors (Lipinski definition) is 7. The van der Waals surface area contributed by atoms with E-state index in [1.165, 1.54) is 37.3 Å². The summed E-state index contributed by atoms with van der Waals surface area (Å²) < 4.78 is 27.2. The molecule has 2 amide bonds. The largest absolute Gasteiger partial charge is 0.481 e. The van der Waals surface area contributed by atoms with E-state index in [1.807, 2.05) is 0 Å². The first-order valence-electron chi connectivity index (χ1n) is 11.7. The summed E-state index contributed by atoms with van der Waals surface area (Å²) in [5, 5.41) is 14.5. The number of nitrogens with one attached hydrogen (secondary N) is 2. The molecule has 1 heterocycles. The first-order chi connectivity index (χ1) is 18.0. The second-order valence-electron chi connectivity index (χ2n) is 8.49. The number of carboxylic acids is 1. The molecule has 0 aliphatic carbocycles. The first kappa shape index (κ1) is 28.4. The monoisotopic (exact) mass is 539 g/mol. The van der Waals surface area contributed by atoms with Crippen molar-refractivity contribution in [3.05, 3.63) is 59.8 Å². The van der Waals surface area contributed by atoms with Gasteiger partial charge in [0.05, 0.1) is 29.2 Å². The van der Waals surface area contributed by atoms with Crippen molar-refractivity contribution in [2.45, 2.75) is 17.7 Å². The van der Waals surface area contributed by atoms with Gasteiger partial charge in [-0.1, -0.05) is 24.0 Å². The van der Waals surface area contributed by atoms with Crippen LogP contribution in [0.25, 0.3) is 5.57 Å². The van der Waals surface area contributed by atoms with Gasteiger partial charge in [-0.05, 0) is 36.8 Å². The summed E-state index contributed by atoms with van der Waals surface area (Å²) in [6.45, 7) is -0.0365. The molecule has 12 heteroatoms. The third kappa shape index (κ3) is 6.77. The van der Waals surface area contributed by atoms with Gasteiger partial charge in [-0.3, -0.25) is 14.4 Å². The molecule has 200 valence electrons.